The van der Waals surface area contributed by atoms with Crippen LogP contribution in [0.4, 0.5) is 0 Å². The van der Waals surface area contributed by atoms with E-state index in [2.05, 4.69) is 22.5 Å². The van der Waals surface area contributed by atoms with Crippen molar-refractivity contribution in [1.29, 1.82) is 0 Å². The normalized spacial score (nSPS) is 20.3. The summed E-state index contributed by atoms with van der Waals surface area (Å²) in [6, 6.07) is 6.57. The molecule has 0 bridgehead atoms. The number of nitrogens with one attached hydrogen (secondary N) is 1. The molecule has 0 spiro atoms. The Balaban J connectivity index is 0.00000156. The van der Waals surface area contributed by atoms with Crippen molar-refractivity contribution in [3.05, 3.63) is 29.3 Å². The van der Waals surface area contributed by atoms with Crippen molar-refractivity contribution in [3.63, 3.8) is 0 Å². The number of halogens is 1. The lowest BCUT2D eigenvalue weighted by atomic mass is 10.2. The van der Waals surface area contributed by atoms with E-state index >= 15 is 0 Å². The van der Waals surface area contributed by atoms with E-state index in [9.17, 15) is 0 Å². The number of piperazine rings is 1. The summed E-state index contributed by atoms with van der Waals surface area (Å²) in [5, 5.41) is 6.62. The second kappa shape index (κ2) is 7.05. The quantitative estimate of drug-likeness (QED) is 0.919. The van der Waals surface area contributed by atoms with Crippen LogP contribution in [-0.2, 0) is 6.54 Å². The molecule has 4 rings (SSSR count). The first-order chi connectivity index (χ1) is 10.8. The minimum Gasteiger partial charge on any atom is -0.454 e. The Kier molecular flexibility index (Phi) is 5.06. The monoisotopic (exact) mass is 353 g/mol. The Morgan fingerprint density at radius 1 is 1.35 bits per heavy atom. The fourth-order valence-corrected chi connectivity index (χ4v) is 3.68. The second-order valence-electron chi connectivity index (χ2n) is 5.74. The predicted molar refractivity (Wildman–Crippen MR) is 93.7 cm³/mol. The maximum Gasteiger partial charge on any atom is 0.231 e. The minimum atomic E-state index is 0. The van der Waals surface area contributed by atoms with Gasteiger partial charge in [0, 0.05) is 43.2 Å². The smallest absolute Gasteiger partial charge is 0.231 e. The van der Waals surface area contributed by atoms with Crippen LogP contribution in [-0.4, -0.2) is 42.4 Å². The summed E-state index contributed by atoms with van der Waals surface area (Å²) in [5.74, 6) is 1.63. The van der Waals surface area contributed by atoms with Crippen LogP contribution < -0.4 is 14.8 Å². The maximum atomic E-state index is 5.44. The van der Waals surface area contributed by atoms with E-state index in [4.69, 9.17) is 14.5 Å². The number of fused-ring (bicyclic) bond motifs is 1. The van der Waals surface area contributed by atoms with E-state index < -0.39 is 0 Å². The van der Waals surface area contributed by atoms with Gasteiger partial charge in [-0.1, -0.05) is 0 Å². The zero-order valence-corrected chi connectivity index (χ0v) is 14.6. The highest BCUT2D eigenvalue weighted by Gasteiger charge is 2.19. The van der Waals surface area contributed by atoms with Crippen LogP contribution in [0.25, 0.3) is 10.6 Å². The summed E-state index contributed by atoms with van der Waals surface area (Å²) in [6.45, 7) is 6.69. The van der Waals surface area contributed by atoms with E-state index in [1.807, 2.05) is 18.2 Å². The molecule has 0 radical (unpaired) electrons. The fraction of sp³-hybridized carbons (Fsp3) is 0.438. The van der Waals surface area contributed by atoms with Crippen LogP contribution >= 0.6 is 23.7 Å². The molecule has 2 aliphatic heterocycles. The number of benzene rings is 1. The third kappa shape index (κ3) is 3.45. The lowest BCUT2D eigenvalue weighted by molar-refractivity contribution is 0.164. The number of hydrogen-bond donors (Lipinski definition) is 1. The fourth-order valence-electron chi connectivity index (χ4n) is 2.87. The zero-order chi connectivity index (χ0) is 14.9. The van der Waals surface area contributed by atoms with Gasteiger partial charge in [0.1, 0.15) is 5.01 Å². The van der Waals surface area contributed by atoms with Gasteiger partial charge in [0.15, 0.2) is 11.5 Å². The van der Waals surface area contributed by atoms with Gasteiger partial charge in [-0.15, -0.1) is 23.7 Å². The van der Waals surface area contributed by atoms with E-state index in [1.165, 1.54) is 0 Å². The number of rotatable bonds is 3. The highest BCUT2D eigenvalue weighted by Crippen LogP contribution is 2.36. The van der Waals surface area contributed by atoms with Crippen LogP contribution in [0, 0.1) is 0 Å². The largest absolute Gasteiger partial charge is 0.454 e. The van der Waals surface area contributed by atoms with Crippen molar-refractivity contribution < 1.29 is 9.47 Å². The Labute approximate surface area is 146 Å². The number of ether oxygens (including phenoxy) is 2. The molecule has 0 amide bonds. The SMILES string of the molecule is C[C@@H]1CNCCN1Cc1csc(-c2ccc3c(c2)OCO3)n1.Cl. The Hall–Kier alpha value is -1.34. The Morgan fingerprint density at radius 3 is 3.09 bits per heavy atom. The van der Waals surface area contributed by atoms with Crippen molar-refractivity contribution in [2.24, 2.45) is 0 Å². The standard InChI is InChI=1S/C16H19N3O2S.ClH/c1-11-7-17-4-5-19(11)8-13-9-22-16(18-13)12-2-3-14-15(6-12)21-10-20-14;/h2-3,6,9,11,17H,4-5,7-8,10H2,1H3;1H/t11-;/m1./s1. The summed E-state index contributed by atoms with van der Waals surface area (Å²) < 4.78 is 10.8. The molecule has 1 atom stereocenters. The van der Waals surface area contributed by atoms with Crippen molar-refractivity contribution in [1.82, 2.24) is 15.2 Å². The summed E-state index contributed by atoms with van der Waals surface area (Å²) in [7, 11) is 0. The van der Waals surface area contributed by atoms with Gasteiger partial charge in [0.25, 0.3) is 0 Å². The Morgan fingerprint density at radius 2 is 2.22 bits per heavy atom. The molecule has 1 N–H and O–H groups in total. The zero-order valence-electron chi connectivity index (χ0n) is 12.9. The number of thiazole rings is 1. The van der Waals surface area contributed by atoms with Crippen LogP contribution in [0.15, 0.2) is 23.6 Å². The lowest BCUT2D eigenvalue weighted by Crippen LogP contribution is -2.49. The van der Waals surface area contributed by atoms with Crippen molar-refractivity contribution in [2.75, 3.05) is 26.4 Å². The number of aromatic nitrogens is 1. The van der Waals surface area contributed by atoms with Gasteiger partial charge in [-0.05, 0) is 25.1 Å². The first-order valence-corrected chi connectivity index (χ1v) is 8.47. The maximum absolute atomic E-state index is 5.44. The van der Waals surface area contributed by atoms with Crippen LogP contribution in [0.3, 0.4) is 0 Å². The van der Waals surface area contributed by atoms with E-state index in [1.54, 1.807) is 11.3 Å². The Bertz CT molecular complexity index is 679. The molecule has 2 aliphatic rings. The molecule has 5 nitrogen and oxygen atoms in total. The molecule has 0 saturated carbocycles. The second-order valence-corrected chi connectivity index (χ2v) is 6.59. The molecule has 1 aromatic heterocycles. The summed E-state index contributed by atoms with van der Waals surface area (Å²) >= 11 is 1.69. The summed E-state index contributed by atoms with van der Waals surface area (Å²) in [4.78, 5) is 7.28. The lowest BCUT2D eigenvalue weighted by Gasteiger charge is -2.33. The van der Waals surface area contributed by atoms with Gasteiger partial charge < -0.3 is 14.8 Å². The summed E-state index contributed by atoms with van der Waals surface area (Å²) in [6.07, 6.45) is 0. The number of nitrogens with zero attached hydrogens (tertiary/aromatic N) is 2. The predicted octanol–water partition coefficient (Wildman–Crippen LogP) is 2.75. The molecule has 2 aromatic rings. The molecule has 0 unspecified atom stereocenters. The number of hydrogen-bond acceptors (Lipinski definition) is 6. The minimum absolute atomic E-state index is 0. The van der Waals surface area contributed by atoms with Crippen molar-refractivity contribution in [3.8, 4) is 22.1 Å². The first kappa shape index (κ1) is 16.5. The third-order valence-corrected chi connectivity index (χ3v) is 5.12. The van der Waals surface area contributed by atoms with Gasteiger partial charge in [0.05, 0.1) is 5.69 Å². The summed E-state index contributed by atoms with van der Waals surface area (Å²) in [5.41, 5.74) is 2.24. The molecule has 124 valence electrons. The molecule has 1 aromatic carbocycles. The molecule has 1 fully saturated rings. The first-order valence-electron chi connectivity index (χ1n) is 7.59. The van der Waals surface area contributed by atoms with Gasteiger partial charge in [-0.2, -0.15) is 0 Å². The van der Waals surface area contributed by atoms with Crippen LogP contribution in [0.5, 0.6) is 11.5 Å². The molecule has 23 heavy (non-hydrogen) atoms. The van der Waals surface area contributed by atoms with Crippen molar-refractivity contribution in [2.45, 2.75) is 19.5 Å². The van der Waals surface area contributed by atoms with E-state index in [0.29, 0.717) is 12.8 Å². The van der Waals surface area contributed by atoms with Gasteiger partial charge in [-0.3, -0.25) is 4.90 Å². The van der Waals surface area contributed by atoms with E-state index in [-0.39, 0.29) is 12.4 Å². The third-order valence-electron chi connectivity index (χ3n) is 4.18. The molecule has 3 heterocycles. The average Bonchev–Trinajstić information content (AvgIpc) is 3.17. The van der Waals surface area contributed by atoms with Gasteiger partial charge in [0.2, 0.25) is 6.79 Å². The molecule has 1 saturated heterocycles. The highest BCUT2D eigenvalue weighted by molar-refractivity contribution is 7.13. The molecular formula is C16H20ClN3O2S. The van der Waals surface area contributed by atoms with Crippen LogP contribution in [0.2, 0.25) is 0 Å². The average molecular weight is 354 g/mol. The molecular weight excluding hydrogens is 334 g/mol. The molecule has 7 heteroatoms. The topological polar surface area (TPSA) is 46.6 Å². The van der Waals surface area contributed by atoms with Gasteiger partial charge >= 0.3 is 0 Å². The molecule has 0 aliphatic carbocycles. The van der Waals surface area contributed by atoms with Crippen LogP contribution in [0.1, 0.15) is 12.6 Å². The van der Waals surface area contributed by atoms with Crippen molar-refractivity contribution >= 4 is 23.7 Å². The van der Waals surface area contributed by atoms with E-state index in [0.717, 1.165) is 53.9 Å². The highest BCUT2D eigenvalue weighted by atomic mass is 35.5. The van der Waals surface area contributed by atoms with Gasteiger partial charge in [-0.25, -0.2) is 4.98 Å².